The van der Waals surface area contributed by atoms with Gasteiger partial charge in [-0.25, -0.2) is 4.79 Å². The number of benzene rings is 1. The molecule has 1 rings (SSSR count). The fourth-order valence-corrected chi connectivity index (χ4v) is 2.54. The smallest absolute Gasteiger partial charge is 0.504 e. The quantitative estimate of drug-likeness (QED) is 0.437. The van der Waals surface area contributed by atoms with Crippen molar-refractivity contribution in [3.8, 4) is 17.2 Å². The summed E-state index contributed by atoms with van der Waals surface area (Å²) in [4.78, 5) is 11.1. The zero-order chi connectivity index (χ0) is 18.7. The number of phenolic OH excluding ortho intramolecular Hbond substituents is 1. The van der Waals surface area contributed by atoms with E-state index in [2.05, 4.69) is 6.92 Å². The molecule has 0 unspecified atom stereocenters. The lowest BCUT2D eigenvalue weighted by Gasteiger charge is -2.29. The topological polar surface area (TPSA) is 76.0 Å². The summed E-state index contributed by atoms with van der Waals surface area (Å²) in [5, 5.41) is 19.8. The molecule has 24 heavy (non-hydrogen) atoms. The molecule has 136 valence electrons. The summed E-state index contributed by atoms with van der Waals surface area (Å²) in [5.41, 5.74) is 0.310. The lowest BCUT2D eigenvalue weighted by Crippen LogP contribution is -2.20. The van der Waals surface area contributed by atoms with Crippen molar-refractivity contribution in [1.82, 2.24) is 0 Å². The van der Waals surface area contributed by atoms with Crippen LogP contribution in [-0.4, -0.2) is 23.0 Å². The molecule has 5 nitrogen and oxygen atoms in total. The molecule has 0 heterocycles. The molecule has 0 fully saturated rings. The molecule has 1 aromatic rings. The van der Waals surface area contributed by atoms with Gasteiger partial charge in [-0.2, -0.15) is 0 Å². The van der Waals surface area contributed by atoms with Crippen LogP contribution < -0.4 is 9.47 Å². The SMILES string of the molecule is CCCCOc1cc(C(C)(C)C)c(OC(=O)O)c(O)c1C(C)(C)C. The van der Waals surface area contributed by atoms with Gasteiger partial charge in [-0.05, 0) is 23.3 Å². The van der Waals surface area contributed by atoms with Crippen LogP contribution in [-0.2, 0) is 10.8 Å². The molecule has 1 aromatic carbocycles. The average molecular weight is 338 g/mol. The number of phenols is 1. The van der Waals surface area contributed by atoms with Gasteiger partial charge in [0, 0.05) is 11.1 Å². The van der Waals surface area contributed by atoms with Crippen molar-refractivity contribution in [3.63, 3.8) is 0 Å². The van der Waals surface area contributed by atoms with Crippen LogP contribution in [0.2, 0.25) is 0 Å². The molecule has 0 saturated carbocycles. The number of hydrogen-bond donors (Lipinski definition) is 2. The molecule has 0 aliphatic heterocycles. The van der Waals surface area contributed by atoms with Crippen LogP contribution in [0, 0.1) is 0 Å². The summed E-state index contributed by atoms with van der Waals surface area (Å²) >= 11 is 0. The number of unbranched alkanes of at least 4 members (excludes halogenated alkanes) is 1. The van der Waals surface area contributed by atoms with E-state index in [0.29, 0.717) is 23.5 Å². The van der Waals surface area contributed by atoms with E-state index in [1.54, 1.807) is 6.07 Å². The van der Waals surface area contributed by atoms with E-state index < -0.39 is 17.0 Å². The third-order valence-electron chi connectivity index (χ3n) is 3.72. The van der Waals surface area contributed by atoms with E-state index >= 15 is 0 Å². The monoisotopic (exact) mass is 338 g/mol. The minimum Gasteiger partial charge on any atom is -0.504 e. The molecule has 0 aliphatic carbocycles. The molecule has 0 saturated heterocycles. The van der Waals surface area contributed by atoms with Gasteiger partial charge in [0.25, 0.3) is 0 Å². The van der Waals surface area contributed by atoms with Gasteiger partial charge < -0.3 is 19.7 Å². The van der Waals surface area contributed by atoms with Gasteiger partial charge in [-0.1, -0.05) is 54.9 Å². The predicted molar refractivity (Wildman–Crippen MR) is 94.6 cm³/mol. The zero-order valence-corrected chi connectivity index (χ0v) is 15.8. The highest BCUT2D eigenvalue weighted by atomic mass is 16.7. The Balaban J connectivity index is 3.63. The van der Waals surface area contributed by atoms with Crippen LogP contribution in [0.5, 0.6) is 17.2 Å². The van der Waals surface area contributed by atoms with Gasteiger partial charge in [-0.3, -0.25) is 0 Å². The number of ether oxygens (including phenoxy) is 2. The van der Waals surface area contributed by atoms with E-state index in [4.69, 9.17) is 14.6 Å². The Morgan fingerprint density at radius 2 is 1.71 bits per heavy atom. The highest BCUT2D eigenvalue weighted by Crippen LogP contribution is 2.49. The maximum Gasteiger partial charge on any atom is 0.511 e. The average Bonchev–Trinajstić information content (AvgIpc) is 2.38. The first kappa shape index (κ1) is 20.1. The van der Waals surface area contributed by atoms with Crippen molar-refractivity contribution >= 4 is 6.16 Å². The van der Waals surface area contributed by atoms with E-state index in [-0.39, 0.29) is 11.5 Å². The second kappa shape index (κ2) is 7.32. The Kier molecular flexibility index (Phi) is 6.15. The molecular formula is C19H30O5. The van der Waals surface area contributed by atoms with Crippen molar-refractivity contribution in [2.45, 2.75) is 72.1 Å². The minimum absolute atomic E-state index is 0.0113. The van der Waals surface area contributed by atoms with Crippen LogP contribution in [0.3, 0.4) is 0 Å². The Labute approximate surface area is 144 Å². The highest BCUT2D eigenvalue weighted by molar-refractivity contribution is 5.69. The first-order valence-electron chi connectivity index (χ1n) is 8.34. The Morgan fingerprint density at radius 1 is 1.12 bits per heavy atom. The number of carboxylic acid groups (broad SMARTS) is 1. The van der Waals surface area contributed by atoms with Crippen LogP contribution in [0.4, 0.5) is 4.79 Å². The maximum atomic E-state index is 11.1. The maximum absolute atomic E-state index is 11.1. The highest BCUT2D eigenvalue weighted by Gasteiger charge is 2.32. The van der Waals surface area contributed by atoms with Crippen LogP contribution in [0.1, 0.15) is 72.4 Å². The van der Waals surface area contributed by atoms with Gasteiger partial charge in [0.05, 0.1) is 6.61 Å². The molecule has 2 N–H and O–H groups in total. The fourth-order valence-electron chi connectivity index (χ4n) is 2.54. The summed E-state index contributed by atoms with van der Waals surface area (Å²) in [6, 6.07) is 1.80. The standard InChI is InChI=1S/C19H30O5/c1-8-9-10-23-13-11-12(18(2,3)4)16(24-17(21)22)15(20)14(13)19(5,6)7/h11,20H,8-10H2,1-7H3,(H,21,22). The Bertz CT molecular complexity index is 591. The molecule has 0 bridgehead atoms. The van der Waals surface area contributed by atoms with Gasteiger partial charge in [0.2, 0.25) is 0 Å². The Morgan fingerprint density at radius 3 is 2.12 bits per heavy atom. The van der Waals surface area contributed by atoms with E-state index in [9.17, 15) is 9.90 Å². The number of hydrogen-bond acceptors (Lipinski definition) is 4. The van der Waals surface area contributed by atoms with Crippen LogP contribution in [0.15, 0.2) is 6.07 Å². The van der Waals surface area contributed by atoms with E-state index in [0.717, 1.165) is 12.8 Å². The molecular weight excluding hydrogens is 308 g/mol. The Hall–Kier alpha value is -1.91. The van der Waals surface area contributed by atoms with Crippen molar-refractivity contribution in [2.75, 3.05) is 6.61 Å². The molecule has 0 amide bonds. The zero-order valence-electron chi connectivity index (χ0n) is 15.8. The molecule has 0 radical (unpaired) electrons. The predicted octanol–water partition coefficient (Wildman–Crippen LogP) is 5.22. The lowest BCUT2D eigenvalue weighted by molar-refractivity contribution is 0.141. The summed E-state index contributed by atoms with van der Waals surface area (Å²) in [7, 11) is 0. The van der Waals surface area contributed by atoms with Gasteiger partial charge in [-0.15, -0.1) is 0 Å². The summed E-state index contributed by atoms with van der Waals surface area (Å²) in [6.45, 7) is 14.2. The number of rotatable bonds is 5. The molecule has 0 aromatic heterocycles. The molecule has 5 heteroatoms. The number of carbonyl (C=O) groups is 1. The second-order valence-corrected chi connectivity index (χ2v) is 8.04. The van der Waals surface area contributed by atoms with E-state index in [1.807, 2.05) is 41.5 Å². The largest absolute Gasteiger partial charge is 0.511 e. The van der Waals surface area contributed by atoms with Crippen molar-refractivity contribution in [3.05, 3.63) is 17.2 Å². The van der Waals surface area contributed by atoms with Crippen LogP contribution >= 0.6 is 0 Å². The van der Waals surface area contributed by atoms with Crippen molar-refractivity contribution < 1.29 is 24.5 Å². The van der Waals surface area contributed by atoms with Gasteiger partial charge in [0.1, 0.15) is 5.75 Å². The van der Waals surface area contributed by atoms with E-state index in [1.165, 1.54) is 0 Å². The summed E-state index contributed by atoms with van der Waals surface area (Å²) in [6.07, 6.45) is 0.460. The van der Waals surface area contributed by atoms with Crippen LogP contribution in [0.25, 0.3) is 0 Å². The summed E-state index contributed by atoms with van der Waals surface area (Å²) < 4.78 is 10.8. The summed E-state index contributed by atoms with van der Waals surface area (Å²) in [5.74, 6) is 0.405. The number of aromatic hydroxyl groups is 1. The fraction of sp³-hybridized carbons (Fsp3) is 0.632. The second-order valence-electron chi connectivity index (χ2n) is 8.04. The first-order valence-corrected chi connectivity index (χ1v) is 8.34. The van der Waals surface area contributed by atoms with Gasteiger partial charge >= 0.3 is 6.16 Å². The first-order chi connectivity index (χ1) is 10.9. The minimum atomic E-state index is -1.45. The third kappa shape index (κ3) is 4.79. The molecule has 0 atom stereocenters. The third-order valence-corrected chi connectivity index (χ3v) is 3.72. The molecule has 0 spiro atoms. The van der Waals surface area contributed by atoms with Crippen molar-refractivity contribution in [1.29, 1.82) is 0 Å². The van der Waals surface area contributed by atoms with Gasteiger partial charge in [0.15, 0.2) is 11.5 Å². The lowest BCUT2D eigenvalue weighted by atomic mass is 9.80. The van der Waals surface area contributed by atoms with Crippen molar-refractivity contribution in [2.24, 2.45) is 0 Å². The normalized spacial score (nSPS) is 12.1. The molecule has 0 aliphatic rings.